The average molecular weight is 444 g/mol. The predicted octanol–water partition coefficient (Wildman–Crippen LogP) is 4.60. The summed E-state index contributed by atoms with van der Waals surface area (Å²) >= 11 is 3.47. The lowest BCUT2D eigenvalue weighted by Gasteiger charge is -2.27. The van der Waals surface area contributed by atoms with Crippen molar-refractivity contribution in [2.45, 2.75) is 57.7 Å². The van der Waals surface area contributed by atoms with Gasteiger partial charge in [0, 0.05) is 28.3 Å². The van der Waals surface area contributed by atoms with Crippen LogP contribution in [0.2, 0.25) is 0 Å². The number of nitrogens with two attached hydrogens (primary N) is 1. The minimum Gasteiger partial charge on any atom is -0.351 e. The van der Waals surface area contributed by atoms with Crippen LogP contribution in [-0.4, -0.2) is 31.6 Å². The highest BCUT2D eigenvalue weighted by atomic mass is 79.9. The number of rotatable bonds is 5. The first-order valence-electron chi connectivity index (χ1n) is 9.79. The molecule has 2 aromatic heterocycles. The molecule has 1 saturated carbocycles. The second-order valence-corrected chi connectivity index (χ2v) is 8.62. The number of hydrogen-bond donors (Lipinski definition) is 3. The third kappa shape index (κ3) is 4.12. The highest BCUT2D eigenvalue weighted by Gasteiger charge is 2.21. The van der Waals surface area contributed by atoms with Crippen LogP contribution in [0.4, 0.5) is 17.5 Å². The fourth-order valence-electron chi connectivity index (χ4n) is 3.56. The lowest BCUT2D eigenvalue weighted by molar-refractivity contribution is 0.410. The minimum atomic E-state index is 0.265. The quantitative estimate of drug-likeness (QED) is 0.533. The molecule has 0 aliphatic heterocycles. The molecule has 0 atom stereocenters. The molecule has 0 unspecified atom stereocenters. The Morgan fingerprint density at radius 3 is 2.50 bits per heavy atom. The maximum absolute atomic E-state index is 6.04. The zero-order chi connectivity index (χ0) is 19.7. The van der Waals surface area contributed by atoms with E-state index in [1.807, 2.05) is 30.6 Å². The molecule has 0 amide bonds. The maximum atomic E-state index is 6.04. The van der Waals surface area contributed by atoms with Crippen LogP contribution in [0.5, 0.6) is 0 Å². The molecule has 148 valence electrons. The zero-order valence-electron chi connectivity index (χ0n) is 16.2. The van der Waals surface area contributed by atoms with Crippen molar-refractivity contribution in [1.29, 1.82) is 0 Å². The van der Waals surface area contributed by atoms with E-state index in [0.717, 1.165) is 47.0 Å². The molecule has 7 nitrogen and oxygen atoms in total. The van der Waals surface area contributed by atoms with Crippen LogP contribution in [0.3, 0.4) is 0 Å². The predicted molar refractivity (Wildman–Crippen MR) is 117 cm³/mol. The van der Waals surface area contributed by atoms with Gasteiger partial charge in [-0.15, -0.1) is 0 Å². The van der Waals surface area contributed by atoms with Gasteiger partial charge >= 0.3 is 0 Å². The molecule has 0 radical (unpaired) electrons. The summed E-state index contributed by atoms with van der Waals surface area (Å²) in [6.45, 7) is 4.25. The Labute approximate surface area is 173 Å². The van der Waals surface area contributed by atoms with Crippen LogP contribution in [-0.2, 0) is 0 Å². The third-order valence-corrected chi connectivity index (χ3v) is 5.72. The molecule has 4 rings (SSSR count). The maximum Gasteiger partial charge on any atom is 0.227 e. The summed E-state index contributed by atoms with van der Waals surface area (Å²) in [5.74, 6) is 1.34. The zero-order valence-corrected chi connectivity index (χ0v) is 17.8. The summed E-state index contributed by atoms with van der Waals surface area (Å²) in [6.07, 6.45) is 5.99. The fourth-order valence-corrected chi connectivity index (χ4v) is 3.83. The van der Waals surface area contributed by atoms with E-state index in [2.05, 4.69) is 50.0 Å². The normalized spacial score (nSPS) is 19.9. The number of imidazole rings is 1. The van der Waals surface area contributed by atoms with Crippen molar-refractivity contribution < 1.29 is 0 Å². The van der Waals surface area contributed by atoms with E-state index in [4.69, 9.17) is 15.7 Å². The molecule has 8 heteroatoms. The number of nitrogens with zero attached hydrogens (tertiary/aromatic N) is 4. The van der Waals surface area contributed by atoms with Crippen molar-refractivity contribution in [2.24, 2.45) is 5.73 Å². The van der Waals surface area contributed by atoms with Crippen molar-refractivity contribution in [3.05, 3.63) is 35.1 Å². The van der Waals surface area contributed by atoms with Gasteiger partial charge < -0.3 is 20.9 Å². The van der Waals surface area contributed by atoms with Crippen LogP contribution in [0.15, 0.2) is 35.1 Å². The molecule has 2 heterocycles. The number of hydrogen-bond acceptors (Lipinski definition) is 6. The Kier molecular flexibility index (Phi) is 5.50. The van der Waals surface area contributed by atoms with Gasteiger partial charge in [-0.05, 0) is 63.8 Å². The Morgan fingerprint density at radius 1 is 1.11 bits per heavy atom. The van der Waals surface area contributed by atoms with Gasteiger partial charge in [0.1, 0.15) is 0 Å². The molecule has 28 heavy (non-hydrogen) atoms. The summed E-state index contributed by atoms with van der Waals surface area (Å²) in [7, 11) is 0. The minimum absolute atomic E-state index is 0.265. The summed E-state index contributed by atoms with van der Waals surface area (Å²) in [4.78, 5) is 14.1. The van der Waals surface area contributed by atoms with Gasteiger partial charge in [-0.1, -0.05) is 15.9 Å². The van der Waals surface area contributed by atoms with E-state index >= 15 is 0 Å². The highest BCUT2D eigenvalue weighted by molar-refractivity contribution is 9.10. The van der Waals surface area contributed by atoms with Gasteiger partial charge in [0.2, 0.25) is 5.95 Å². The van der Waals surface area contributed by atoms with Crippen molar-refractivity contribution in [3.63, 3.8) is 0 Å². The second-order valence-electron chi connectivity index (χ2n) is 7.70. The molecule has 0 saturated heterocycles. The summed E-state index contributed by atoms with van der Waals surface area (Å²) in [6, 6.07) is 8.95. The summed E-state index contributed by atoms with van der Waals surface area (Å²) < 4.78 is 3.11. The standard InChI is InChI=1S/C20H26BrN7/c1-12(2)28-11-23-17-18(24-15-7-3-13(21)4-8-15)26-20(27-19(17)28)25-16-9-5-14(22)6-10-16/h3-4,7-8,11-12,14,16H,5-6,9-10,22H2,1-2H3,(H2,24,25,26,27). The Bertz CT molecular complexity index is 943. The fraction of sp³-hybridized carbons (Fsp3) is 0.450. The third-order valence-electron chi connectivity index (χ3n) is 5.19. The molecule has 3 aromatic rings. The van der Waals surface area contributed by atoms with Crippen LogP contribution in [0.1, 0.15) is 45.6 Å². The number of benzene rings is 1. The largest absolute Gasteiger partial charge is 0.351 e. The number of nitrogens with one attached hydrogen (secondary N) is 2. The van der Waals surface area contributed by atoms with E-state index in [1.54, 1.807) is 0 Å². The Morgan fingerprint density at radius 2 is 1.82 bits per heavy atom. The Hall–Kier alpha value is -2.19. The molecule has 4 N–H and O–H groups in total. The van der Waals surface area contributed by atoms with Gasteiger partial charge in [0.15, 0.2) is 17.0 Å². The number of fused-ring (bicyclic) bond motifs is 1. The second kappa shape index (κ2) is 8.05. The summed E-state index contributed by atoms with van der Waals surface area (Å²) in [5.41, 5.74) is 8.60. The summed E-state index contributed by atoms with van der Waals surface area (Å²) in [5, 5.41) is 6.92. The first-order valence-corrected chi connectivity index (χ1v) is 10.6. The topological polar surface area (TPSA) is 93.7 Å². The molecule has 0 spiro atoms. The number of halogens is 1. The van der Waals surface area contributed by atoms with Gasteiger partial charge in [0.25, 0.3) is 0 Å². The Balaban J connectivity index is 1.68. The van der Waals surface area contributed by atoms with E-state index in [-0.39, 0.29) is 6.04 Å². The van der Waals surface area contributed by atoms with E-state index in [1.165, 1.54) is 0 Å². The first-order chi connectivity index (χ1) is 13.5. The van der Waals surface area contributed by atoms with Crippen LogP contribution >= 0.6 is 15.9 Å². The van der Waals surface area contributed by atoms with Gasteiger partial charge in [-0.2, -0.15) is 9.97 Å². The SMILES string of the molecule is CC(C)n1cnc2c(Nc3ccc(Br)cc3)nc(NC3CCC(N)CC3)nc21. The van der Waals surface area contributed by atoms with Crippen molar-refractivity contribution in [2.75, 3.05) is 10.6 Å². The molecule has 1 aromatic carbocycles. The lowest BCUT2D eigenvalue weighted by Crippen LogP contribution is -2.33. The van der Waals surface area contributed by atoms with Gasteiger partial charge in [-0.3, -0.25) is 0 Å². The molecule has 1 aliphatic carbocycles. The van der Waals surface area contributed by atoms with Crippen LogP contribution in [0.25, 0.3) is 11.2 Å². The van der Waals surface area contributed by atoms with Crippen molar-refractivity contribution in [3.8, 4) is 0 Å². The smallest absolute Gasteiger partial charge is 0.227 e. The molecule has 1 fully saturated rings. The van der Waals surface area contributed by atoms with Crippen LogP contribution < -0.4 is 16.4 Å². The van der Waals surface area contributed by atoms with E-state index in [9.17, 15) is 0 Å². The van der Waals surface area contributed by atoms with Crippen molar-refractivity contribution >= 4 is 44.5 Å². The van der Waals surface area contributed by atoms with E-state index in [0.29, 0.717) is 23.8 Å². The highest BCUT2D eigenvalue weighted by Crippen LogP contribution is 2.28. The van der Waals surface area contributed by atoms with E-state index < -0.39 is 0 Å². The van der Waals surface area contributed by atoms with Crippen LogP contribution in [0, 0.1) is 0 Å². The number of anilines is 3. The lowest BCUT2D eigenvalue weighted by atomic mass is 9.92. The van der Waals surface area contributed by atoms with Gasteiger partial charge in [-0.25, -0.2) is 4.98 Å². The van der Waals surface area contributed by atoms with Crippen molar-refractivity contribution in [1.82, 2.24) is 19.5 Å². The number of aromatic nitrogens is 4. The van der Waals surface area contributed by atoms with Gasteiger partial charge in [0.05, 0.1) is 6.33 Å². The molecular weight excluding hydrogens is 418 g/mol. The first kappa shape index (κ1) is 19.1. The average Bonchev–Trinajstić information content (AvgIpc) is 3.10. The monoisotopic (exact) mass is 443 g/mol. The molecule has 0 bridgehead atoms. The molecular formula is C20H26BrN7. The molecule has 1 aliphatic rings.